The molecule has 1 fully saturated rings. The van der Waals surface area contributed by atoms with E-state index in [9.17, 15) is 9.18 Å². The topological polar surface area (TPSA) is 93.2 Å². The predicted octanol–water partition coefficient (Wildman–Crippen LogP) is 3.06. The molecule has 0 bridgehead atoms. The van der Waals surface area contributed by atoms with Gasteiger partial charge in [0.1, 0.15) is 5.82 Å². The second kappa shape index (κ2) is 6.90. The average Bonchev–Trinajstić information content (AvgIpc) is 3.31. The number of hydrazine groups is 1. The molecule has 5 rings (SSSR count). The van der Waals surface area contributed by atoms with Crippen molar-refractivity contribution in [3.8, 4) is 0 Å². The van der Waals surface area contributed by atoms with E-state index in [0.717, 1.165) is 21.9 Å². The second-order valence-corrected chi connectivity index (χ2v) is 8.10. The van der Waals surface area contributed by atoms with E-state index in [1.165, 1.54) is 18.3 Å². The summed E-state index contributed by atoms with van der Waals surface area (Å²) in [4.78, 5) is 22.3. The highest BCUT2D eigenvalue weighted by Crippen LogP contribution is 2.32. The zero-order valence-electron chi connectivity index (χ0n) is 17.5. The van der Waals surface area contributed by atoms with E-state index in [0.29, 0.717) is 30.0 Å². The summed E-state index contributed by atoms with van der Waals surface area (Å²) in [7, 11) is 1.83. The van der Waals surface area contributed by atoms with Crippen LogP contribution in [0.4, 0.5) is 16.0 Å². The Morgan fingerprint density at radius 3 is 2.84 bits per heavy atom. The number of amides is 1. The Hall–Kier alpha value is -3.75. The zero-order chi connectivity index (χ0) is 21.9. The molecular weight excluding hydrogens is 397 g/mol. The van der Waals surface area contributed by atoms with E-state index < -0.39 is 5.82 Å². The van der Waals surface area contributed by atoms with Crippen LogP contribution < -0.4 is 10.7 Å². The SMILES string of the molecule is Cc1cc2nc(N)c3cnn(C)c3c2cc1C(=O)N1CC(C)CN1c1ncccc1F. The van der Waals surface area contributed by atoms with E-state index in [1.54, 1.807) is 20.9 Å². The number of halogens is 1. The van der Waals surface area contributed by atoms with Crippen LogP contribution in [-0.2, 0) is 7.05 Å². The van der Waals surface area contributed by atoms with Crippen LogP contribution in [0.15, 0.2) is 36.7 Å². The maximum atomic E-state index is 14.4. The third kappa shape index (κ3) is 2.96. The Morgan fingerprint density at radius 2 is 2.06 bits per heavy atom. The Kier molecular flexibility index (Phi) is 4.28. The van der Waals surface area contributed by atoms with Crippen LogP contribution in [0.5, 0.6) is 0 Å². The van der Waals surface area contributed by atoms with Crippen molar-refractivity contribution < 1.29 is 9.18 Å². The van der Waals surface area contributed by atoms with E-state index in [4.69, 9.17) is 5.73 Å². The number of nitrogens with zero attached hydrogens (tertiary/aromatic N) is 6. The van der Waals surface area contributed by atoms with Crippen molar-refractivity contribution in [2.75, 3.05) is 23.8 Å². The van der Waals surface area contributed by atoms with Gasteiger partial charge in [-0.3, -0.25) is 14.5 Å². The van der Waals surface area contributed by atoms with Gasteiger partial charge in [-0.05, 0) is 42.7 Å². The normalized spacial score (nSPS) is 16.6. The summed E-state index contributed by atoms with van der Waals surface area (Å²) < 4.78 is 16.2. The minimum absolute atomic E-state index is 0.155. The molecule has 8 nitrogen and oxygen atoms in total. The van der Waals surface area contributed by atoms with Gasteiger partial charge >= 0.3 is 0 Å². The molecule has 1 aliphatic heterocycles. The summed E-state index contributed by atoms with van der Waals surface area (Å²) in [5, 5.41) is 9.04. The zero-order valence-corrected chi connectivity index (χ0v) is 17.5. The van der Waals surface area contributed by atoms with Gasteiger partial charge in [-0.15, -0.1) is 0 Å². The summed E-state index contributed by atoms with van der Waals surface area (Å²) in [6.45, 7) is 4.88. The highest BCUT2D eigenvalue weighted by atomic mass is 19.1. The van der Waals surface area contributed by atoms with Crippen LogP contribution in [0.2, 0.25) is 0 Å². The number of pyridine rings is 2. The quantitative estimate of drug-likeness (QED) is 0.537. The lowest BCUT2D eigenvalue weighted by molar-refractivity contribution is 0.0768. The van der Waals surface area contributed by atoms with Gasteiger partial charge < -0.3 is 5.73 Å². The highest BCUT2D eigenvalue weighted by Gasteiger charge is 2.35. The van der Waals surface area contributed by atoms with Crippen molar-refractivity contribution in [2.45, 2.75) is 13.8 Å². The Balaban J connectivity index is 1.64. The minimum atomic E-state index is -0.457. The van der Waals surface area contributed by atoms with Gasteiger partial charge in [0.05, 0.1) is 22.6 Å². The molecule has 9 heteroatoms. The molecular formula is C22H22FN7O. The smallest absolute Gasteiger partial charge is 0.272 e. The second-order valence-electron chi connectivity index (χ2n) is 8.10. The molecule has 4 heterocycles. The van der Waals surface area contributed by atoms with Crippen LogP contribution >= 0.6 is 0 Å². The van der Waals surface area contributed by atoms with Gasteiger partial charge in [-0.1, -0.05) is 6.92 Å². The third-order valence-electron chi connectivity index (χ3n) is 5.76. The van der Waals surface area contributed by atoms with Crippen molar-refractivity contribution in [3.63, 3.8) is 0 Å². The number of anilines is 2. The molecule has 1 unspecified atom stereocenters. The molecule has 1 atom stereocenters. The van der Waals surface area contributed by atoms with Crippen molar-refractivity contribution in [1.29, 1.82) is 0 Å². The number of hydrogen-bond acceptors (Lipinski definition) is 6. The first kappa shape index (κ1) is 19.2. The number of aromatic nitrogens is 4. The molecule has 0 aliphatic carbocycles. The lowest BCUT2D eigenvalue weighted by atomic mass is 10.0. The average molecular weight is 419 g/mol. The number of nitrogen functional groups attached to an aromatic ring is 1. The van der Waals surface area contributed by atoms with Crippen molar-refractivity contribution in [1.82, 2.24) is 24.8 Å². The molecule has 3 aromatic heterocycles. The number of hydrogen-bond donors (Lipinski definition) is 1. The number of carbonyl (C=O) groups is 1. The van der Waals surface area contributed by atoms with Crippen LogP contribution in [0.3, 0.4) is 0 Å². The van der Waals surface area contributed by atoms with Gasteiger partial charge in [0.25, 0.3) is 5.91 Å². The molecule has 0 spiro atoms. The van der Waals surface area contributed by atoms with Crippen LogP contribution in [0, 0.1) is 18.7 Å². The van der Waals surface area contributed by atoms with Gasteiger partial charge in [0.15, 0.2) is 11.6 Å². The molecule has 4 aromatic rings. The van der Waals surface area contributed by atoms with Gasteiger partial charge in [0, 0.05) is 37.3 Å². The summed E-state index contributed by atoms with van der Waals surface area (Å²) in [5.74, 6) is 0.0690. The summed E-state index contributed by atoms with van der Waals surface area (Å²) >= 11 is 0. The fourth-order valence-corrected chi connectivity index (χ4v) is 4.28. The molecule has 2 N–H and O–H groups in total. The molecule has 1 saturated heterocycles. The first-order chi connectivity index (χ1) is 14.8. The number of carbonyl (C=O) groups excluding carboxylic acids is 1. The monoisotopic (exact) mass is 419 g/mol. The lowest BCUT2D eigenvalue weighted by Gasteiger charge is -2.29. The molecule has 1 amide bonds. The van der Waals surface area contributed by atoms with E-state index in [2.05, 4.69) is 15.1 Å². The number of aryl methyl sites for hydroxylation is 2. The maximum Gasteiger partial charge on any atom is 0.272 e. The fourth-order valence-electron chi connectivity index (χ4n) is 4.28. The highest BCUT2D eigenvalue weighted by molar-refractivity contribution is 6.10. The Bertz CT molecular complexity index is 1350. The summed E-state index contributed by atoms with van der Waals surface area (Å²) in [5.41, 5.74) is 8.92. The number of nitrogens with two attached hydrogens (primary N) is 1. The lowest BCUT2D eigenvalue weighted by Crippen LogP contribution is -2.42. The molecule has 1 aliphatic rings. The molecule has 0 radical (unpaired) electrons. The van der Waals surface area contributed by atoms with Crippen molar-refractivity contribution in [2.24, 2.45) is 13.0 Å². The first-order valence-electron chi connectivity index (χ1n) is 10.1. The maximum absolute atomic E-state index is 14.4. The van der Waals surface area contributed by atoms with Crippen molar-refractivity contribution >= 4 is 39.3 Å². The van der Waals surface area contributed by atoms with Gasteiger partial charge in [-0.25, -0.2) is 19.4 Å². The standard InChI is InChI=1S/C22H22FN7O/c1-12-10-29(21-17(23)5-4-6-25-21)30(11-12)22(31)14-8-15-18(7-13(14)2)27-20(24)16-9-26-28(3)19(15)16/h4-9,12H,10-11H2,1-3H3,(H2,24,27). The van der Waals surface area contributed by atoms with Crippen LogP contribution in [0.25, 0.3) is 21.8 Å². The van der Waals surface area contributed by atoms with Gasteiger partial charge in [-0.2, -0.15) is 5.10 Å². The number of fused-ring (bicyclic) bond motifs is 3. The number of benzene rings is 1. The van der Waals surface area contributed by atoms with E-state index in [-0.39, 0.29) is 17.6 Å². The minimum Gasteiger partial charge on any atom is -0.383 e. The molecule has 158 valence electrons. The Morgan fingerprint density at radius 1 is 1.26 bits per heavy atom. The predicted molar refractivity (Wildman–Crippen MR) is 117 cm³/mol. The Labute approximate surface area is 178 Å². The number of rotatable bonds is 2. The molecule has 0 saturated carbocycles. The van der Waals surface area contributed by atoms with Crippen LogP contribution in [0.1, 0.15) is 22.8 Å². The van der Waals surface area contributed by atoms with Gasteiger partial charge in [0.2, 0.25) is 0 Å². The van der Waals surface area contributed by atoms with Crippen LogP contribution in [-0.4, -0.2) is 43.8 Å². The van der Waals surface area contributed by atoms with Crippen molar-refractivity contribution in [3.05, 3.63) is 53.6 Å². The summed E-state index contributed by atoms with van der Waals surface area (Å²) in [6.07, 6.45) is 3.20. The fraction of sp³-hybridized carbons (Fsp3) is 0.273. The first-order valence-corrected chi connectivity index (χ1v) is 10.1. The largest absolute Gasteiger partial charge is 0.383 e. The summed E-state index contributed by atoms with van der Waals surface area (Å²) in [6, 6.07) is 6.58. The molecule has 31 heavy (non-hydrogen) atoms. The molecule has 1 aromatic carbocycles. The van der Waals surface area contributed by atoms with E-state index in [1.807, 2.05) is 33.0 Å². The van der Waals surface area contributed by atoms with E-state index >= 15 is 0 Å². The third-order valence-corrected chi connectivity index (χ3v) is 5.76.